The lowest BCUT2D eigenvalue weighted by molar-refractivity contribution is -0.155. The SMILES string of the molecule is C[C@H](NC(=O)[C@H](C)NC(=O)[C@H](CCC(=O)NC(c1ccccc1)(c1ccccc1)c1ccccc1)NC(=O)CNC(=O)[C@@H](N)CCC(=O)OC(C)(C)C)C(=O)O. The van der Waals surface area contributed by atoms with Crippen LogP contribution in [0.4, 0.5) is 0 Å². The first-order valence-electron chi connectivity index (χ1n) is 18.3. The zero-order chi connectivity index (χ0) is 41.5. The molecule has 3 aromatic rings. The summed E-state index contributed by atoms with van der Waals surface area (Å²) >= 11 is 0. The van der Waals surface area contributed by atoms with Crippen molar-refractivity contribution in [3.8, 4) is 0 Å². The number of hydrogen-bond donors (Lipinski definition) is 7. The summed E-state index contributed by atoms with van der Waals surface area (Å²) in [5.74, 6) is -5.44. The summed E-state index contributed by atoms with van der Waals surface area (Å²) in [6.07, 6.45) is -0.676. The van der Waals surface area contributed by atoms with E-state index < -0.39 is 83.3 Å². The Bertz CT molecular complexity index is 1720. The maximum Gasteiger partial charge on any atom is 0.325 e. The number of esters is 1. The normalized spacial score (nSPS) is 13.5. The molecular weight excluding hydrogens is 720 g/mol. The molecule has 56 heavy (non-hydrogen) atoms. The summed E-state index contributed by atoms with van der Waals surface area (Å²) in [5, 5.41) is 22.0. The Morgan fingerprint density at radius 2 is 1.12 bits per heavy atom. The lowest BCUT2D eigenvalue weighted by atomic mass is 9.77. The van der Waals surface area contributed by atoms with Gasteiger partial charge in [0.15, 0.2) is 0 Å². The molecule has 0 radical (unpaired) electrons. The van der Waals surface area contributed by atoms with E-state index in [1.165, 1.54) is 13.8 Å². The summed E-state index contributed by atoms with van der Waals surface area (Å²) in [7, 11) is 0. The van der Waals surface area contributed by atoms with Gasteiger partial charge < -0.3 is 42.2 Å². The molecule has 0 fully saturated rings. The van der Waals surface area contributed by atoms with Gasteiger partial charge in [0.1, 0.15) is 29.3 Å². The lowest BCUT2D eigenvalue weighted by Crippen LogP contribution is -2.55. The first kappa shape index (κ1) is 44.3. The third-order valence-electron chi connectivity index (χ3n) is 8.58. The van der Waals surface area contributed by atoms with Gasteiger partial charge in [-0.2, -0.15) is 0 Å². The Hall–Kier alpha value is -6.09. The van der Waals surface area contributed by atoms with Crippen molar-refractivity contribution in [2.45, 2.75) is 95.6 Å². The molecule has 3 rings (SSSR count). The Balaban J connectivity index is 1.80. The number of hydrogen-bond acceptors (Lipinski definition) is 9. The molecule has 300 valence electrons. The summed E-state index contributed by atoms with van der Waals surface area (Å²) in [6.45, 7) is 7.12. The monoisotopic (exact) mass is 772 g/mol. The number of carbonyl (C=O) groups is 7. The van der Waals surface area contributed by atoms with Gasteiger partial charge in [-0.3, -0.25) is 33.6 Å². The molecule has 0 saturated carbocycles. The minimum absolute atomic E-state index is 0.0423. The van der Waals surface area contributed by atoms with Crippen molar-refractivity contribution < 1.29 is 43.4 Å². The van der Waals surface area contributed by atoms with E-state index in [0.29, 0.717) is 0 Å². The number of aliphatic carboxylic acids is 1. The van der Waals surface area contributed by atoms with Crippen molar-refractivity contribution in [1.82, 2.24) is 26.6 Å². The molecule has 0 aliphatic heterocycles. The van der Waals surface area contributed by atoms with E-state index in [4.69, 9.17) is 10.5 Å². The third kappa shape index (κ3) is 13.3. The smallest absolute Gasteiger partial charge is 0.325 e. The van der Waals surface area contributed by atoms with Crippen LogP contribution in [0.1, 0.15) is 77.0 Å². The van der Waals surface area contributed by atoms with E-state index in [-0.39, 0.29) is 25.7 Å². The fraction of sp³-hybridized carbons (Fsp3) is 0.390. The summed E-state index contributed by atoms with van der Waals surface area (Å²) in [5.41, 5.74) is 6.37. The molecule has 15 nitrogen and oxygen atoms in total. The van der Waals surface area contributed by atoms with Gasteiger partial charge in [0, 0.05) is 12.8 Å². The largest absolute Gasteiger partial charge is 0.480 e. The second-order valence-corrected chi connectivity index (χ2v) is 14.3. The Labute approximate surface area is 326 Å². The summed E-state index contributed by atoms with van der Waals surface area (Å²) in [6, 6.07) is 23.2. The highest BCUT2D eigenvalue weighted by Crippen LogP contribution is 2.37. The molecule has 0 spiro atoms. The fourth-order valence-corrected chi connectivity index (χ4v) is 5.72. The lowest BCUT2D eigenvalue weighted by Gasteiger charge is -2.37. The molecule has 4 atom stereocenters. The molecular formula is C41H52N6O9. The standard InChI is InChI=1S/C41H52N6O9/c1-26(36(51)45-27(2)39(54)55)44-38(53)32(46-34(49)25-43-37(52)31(42)21-24-35(50)56-40(3,4)5)22-23-33(48)47-41(28-15-9-6-10-16-28,29-17-11-7-12-18-29)30-19-13-8-14-20-30/h6-20,26-27,31-32H,21-25,42H2,1-5H3,(H,43,52)(H,44,53)(H,45,51)(H,46,49)(H,47,48)(H,54,55)/t26-,27-,31-,32-/m0/s1. The third-order valence-corrected chi connectivity index (χ3v) is 8.58. The van der Waals surface area contributed by atoms with E-state index >= 15 is 0 Å². The van der Waals surface area contributed by atoms with E-state index in [1.54, 1.807) is 20.8 Å². The minimum Gasteiger partial charge on any atom is -0.480 e. The number of nitrogens with two attached hydrogens (primary N) is 1. The quantitative estimate of drug-likeness (QED) is 0.0692. The molecule has 3 aromatic carbocycles. The number of carboxylic acids is 1. The van der Waals surface area contributed by atoms with Crippen LogP contribution in [0.3, 0.4) is 0 Å². The molecule has 0 aliphatic carbocycles. The number of carboxylic acid groups (broad SMARTS) is 1. The molecule has 5 amide bonds. The van der Waals surface area contributed by atoms with Crippen LogP contribution in [0.5, 0.6) is 0 Å². The number of rotatable bonds is 19. The second kappa shape index (κ2) is 20.6. The molecule has 0 bridgehead atoms. The van der Waals surface area contributed by atoms with Gasteiger partial charge in [0.2, 0.25) is 29.5 Å². The number of ether oxygens (including phenoxy) is 1. The van der Waals surface area contributed by atoms with Gasteiger partial charge in [-0.1, -0.05) is 91.0 Å². The molecule has 0 aromatic heterocycles. The molecule has 0 unspecified atom stereocenters. The zero-order valence-electron chi connectivity index (χ0n) is 32.3. The Morgan fingerprint density at radius 1 is 0.643 bits per heavy atom. The van der Waals surface area contributed by atoms with E-state index in [0.717, 1.165) is 16.7 Å². The average Bonchev–Trinajstić information content (AvgIpc) is 3.16. The Morgan fingerprint density at radius 3 is 1.59 bits per heavy atom. The first-order chi connectivity index (χ1) is 26.4. The van der Waals surface area contributed by atoms with Crippen molar-refractivity contribution in [3.05, 3.63) is 108 Å². The maximum atomic E-state index is 14.0. The van der Waals surface area contributed by atoms with Gasteiger partial charge in [-0.05, 0) is 64.2 Å². The molecule has 15 heteroatoms. The number of amides is 5. The predicted octanol–water partition coefficient (Wildman–Crippen LogP) is 2.02. The van der Waals surface area contributed by atoms with Crippen molar-refractivity contribution >= 4 is 41.5 Å². The molecule has 0 aliphatic rings. The van der Waals surface area contributed by atoms with E-state index in [9.17, 15) is 38.7 Å². The van der Waals surface area contributed by atoms with Gasteiger partial charge in [-0.15, -0.1) is 0 Å². The molecule has 8 N–H and O–H groups in total. The number of carbonyl (C=O) groups excluding carboxylic acids is 6. The average molecular weight is 773 g/mol. The van der Waals surface area contributed by atoms with E-state index in [1.807, 2.05) is 91.0 Å². The highest BCUT2D eigenvalue weighted by molar-refractivity contribution is 5.94. The maximum absolute atomic E-state index is 14.0. The van der Waals surface area contributed by atoms with Crippen molar-refractivity contribution in [1.29, 1.82) is 0 Å². The predicted molar refractivity (Wildman–Crippen MR) is 207 cm³/mol. The summed E-state index contributed by atoms with van der Waals surface area (Å²) in [4.78, 5) is 89.3. The highest BCUT2D eigenvalue weighted by Gasteiger charge is 2.38. The van der Waals surface area contributed by atoms with Gasteiger partial charge in [0.25, 0.3) is 0 Å². The van der Waals surface area contributed by atoms with Crippen LogP contribution < -0.4 is 32.3 Å². The van der Waals surface area contributed by atoms with Crippen molar-refractivity contribution in [2.24, 2.45) is 5.73 Å². The molecule has 0 heterocycles. The fourth-order valence-electron chi connectivity index (χ4n) is 5.72. The topological polar surface area (TPSA) is 235 Å². The van der Waals surface area contributed by atoms with Crippen LogP contribution in [0.25, 0.3) is 0 Å². The highest BCUT2D eigenvalue weighted by atomic mass is 16.6. The van der Waals surface area contributed by atoms with Crippen molar-refractivity contribution in [3.63, 3.8) is 0 Å². The van der Waals surface area contributed by atoms with Crippen molar-refractivity contribution in [2.75, 3.05) is 6.54 Å². The minimum atomic E-state index is -1.38. The van der Waals surface area contributed by atoms with E-state index in [2.05, 4.69) is 26.6 Å². The number of nitrogens with one attached hydrogen (secondary N) is 5. The van der Waals surface area contributed by atoms with Gasteiger partial charge in [-0.25, -0.2) is 0 Å². The molecule has 0 saturated heterocycles. The van der Waals surface area contributed by atoms with Gasteiger partial charge >= 0.3 is 11.9 Å². The van der Waals surface area contributed by atoms with Gasteiger partial charge in [0.05, 0.1) is 12.6 Å². The van der Waals surface area contributed by atoms with Crippen LogP contribution >= 0.6 is 0 Å². The first-order valence-corrected chi connectivity index (χ1v) is 18.3. The summed E-state index contributed by atoms with van der Waals surface area (Å²) < 4.78 is 5.23. The van der Waals surface area contributed by atoms with Crippen LogP contribution in [-0.2, 0) is 43.8 Å². The Kier molecular flexibility index (Phi) is 16.3. The number of benzene rings is 3. The zero-order valence-corrected chi connectivity index (χ0v) is 32.3. The van der Waals surface area contributed by atoms with Crippen LogP contribution in [-0.4, -0.2) is 82.9 Å². The van der Waals surface area contributed by atoms with Crippen LogP contribution in [0, 0.1) is 0 Å². The second-order valence-electron chi connectivity index (χ2n) is 14.3. The van der Waals surface area contributed by atoms with Crippen LogP contribution in [0.2, 0.25) is 0 Å². The van der Waals surface area contributed by atoms with Crippen LogP contribution in [0.15, 0.2) is 91.0 Å².